The van der Waals surface area contributed by atoms with Gasteiger partial charge in [0.05, 0.1) is 0 Å². The van der Waals surface area contributed by atoms with Gasteiger partial charge in [-0.3, -0.25) is 4.79 Å². The van der Waals surface area contributed by atoms with Crippen molar-refractivity contribution in [2.45, 2.75) is 0 Å². The largest absolute Gasteiger partial charge is 0.316 e. The normalized spacial score (nSPS) is 9.31. The summed E-state index contributed by atoms with van der Waals surface area (Å²) < 4.78 is 0. The van der Waals surface area contributed by atoms with Crippen molar-refractivity contribution in [3.05, 3.63) is 35.9 Å². The van der Waals surface area contributed by atoms with Crippen LogP contribution in [0.4, 0.5) is 0 Å². The second-order valence-corrected chi connectivity index (χ2v) is 3.05. The molecule has 1 aromatic carbocycles. The molecule has 4 heteroatoms. The number of rotatable bonds is 2. The lowest BCUT2D eigenvalue weighted by Gasteiger charge is -2.03. The quantitative estimate of drug-likeness (QED) is 0.599. The van der Waals surface area contributed by atoms with Gasteiger partial charge in [-0.05, 0) is 0 Å². The van der Waals surface area contributed by atoms with Crippen molar-refractivity contribution in [2.24, 2.45) is 0 Å². The summed E-state index contributed by atoms with van der Waals surface area (Å²) in [5.74, 6) is -0.358. The molecule has 1 N–H and O–H groups in total. The molecule has 0 heterocycles. The van der Waals surface area contributed by atoms with Crippen LogP contribution >= 0.6 is 23.8 Å². The third-order valence-corrected chi connectivity index (χ3v) is 1.99. The molecule has 0 unspecified atom stereocenters. The first kappa shape index (κ1) is 10.2. The summed E-state index contributed by atoms with van der Waals surface area (Å²) in [6, 6.07) is 9.26. The Morgan fingerprint density at radius 2 is 2.00 bits per heavy atom. The molecule has 0 aliphatic rings. The monoisotopic (exact) mass is 213 g/mol. The summed E-state index contributed by atoms with van der Waals surface area (Å²) in [6.07, 6.45) is 0. The number of carbonyl (C=O) groups excluding carboxylic acids is 1. The smallest absolute Gasteiger partial charge is 0.239 e. The number of hydrogen-bond donors (Lipinski definition) is 1. The van der Waals surface area contributed by atoms with Gasteiger partial charge in [-0.15, -0.1) is 11.6 Å². The maximum absolute atomic E-state index is 10.9. The number of thiocarbonyl (C=S) groups is 1. The second kappa shape index (κ2) is 4.94. The highest BCUT2D eigenvalue weighted by molar-refractivity contribution is 7.80. The van der Waals surface area contributed by atoms with Crippen molar-refractivity contribution in [1.29, 1.82) is 0 Å². The maximum atomic E-state index is 10.9. The molecule has 0 radical (unpaired) electrons. The molecule has 0 atom stereocenters. The van der Waals surface area contributed by atoms with Crippen molar-refractivity contribution in [3.8, 4) is 0 Å². The van der Waals surface area contributed by atoms with E-state index in [2.05, 4.69) is 5.32 Å². The van der Waals surface area contributed by atoms with E-state index in [9.17, 15) is 4.79 Å². The minimum Gasteiger partial charge on any atom is -0.316 e. The summed E-state index contributed by atoms with van der Waals surface area (Å²) in [6.45, 7) is 0. The zero-order chi connectivity index (χ0) is 9.68. The molecule has 1 rings (SSSR count). The molecule has 0 saturated heterocycles. The van der Waals surface area contributed by atoms with Crippen LogP contribution in [0.15, 0.2) is 30.3 Å². The van der Waals surface area contributed by atoms with E-state index in [0.29, 0.717) is 4.99 Å². The average Bonchev–Trinajstić information content (AvgIpc) is 2.19. The molecular weight excluding hydrogens is 206 g/mol. The summed E-state index contributed by atoms with van der Waals surface area (Å²) in [5.41, 5.74) is 0.816. The highest BCUT2D eigenvalue weighted by atomic mass is 35.5. The Hall–Kier alpha value is -0.930. The molecule has 0 aliphatic carbocycles. The highest BCUT2D eigenvalue weighted by Gasteiger charge is 2.03. The lowest BCUT2D eigenvalue weighted by atomic mass is 10.2. The van der Waals surface area contributed by atoms with Gasteiger partial charge < -0.3 is 5.32 Å². The Bertz CT molecular complexity index is 313. The number of amides is 1. The van der Waals surface area contributed by atoms with E-state index in [0.717, 1.165) is 5.56 Å². The molecule has 0 aliphatic heterocycles. The third-order valence-electron chi connectivity index (χ3n) is 1.41. The van der Waals surface area contributed by atoms with Crippen LogP contribution in [-0.4, -0.2) is 16.8 Å². The van der Waals surface area contributed by atoms with Crippen molar-refractivity contribution >= 4 is 34.7 Å². The number of carbonyl (C=O) groups is 1. The SMILES string of the molecule is O=C(CCl)NC(=S)c1ccccc1. The van der Waals surface area contributed by atoms with Gasteiger partial charge in [0.1, 0.15) is 10.9 Å². The van der Waals surface area contributed by atoms with Crippen LogP contribution in [0.3, 0.4) is 0 Å². The molecule has 0 bridgehead atoms. The standard InChI is InChI=1S/C9H8ClNOS/c10-6-8(12)11-9(13)7-4-2-1-3-5-7/h1-5H,6H2,(H,11,12,13). The summed E-state index contributed by atoms with van der Waals surface area (Å²) in [5, 5.41) is 2.51. The van der Waals surface area contributed by atoms with E-state index in [-0.39, 0.29) is 11.8 Å². The van der Waals surface area contributed by atoms with Gasteiger partial charge in [-0.25, -0.2) is 0 Å². The number of halogens is 1. The molecular formula is C9H8ClNOS. The molecule has 0 spiro atoms. The van der Waals surface area contributed by atoms with E-state index < -0.39 is 0 Å². The fourth-order valence-electron chi connectivity index (χ4n) is 0.822. The van der Waals surface area contributed by atoms with Crippen LogP contribution in [0.1, 0.15) is 5.56 Å². The Balaban J connectivity index is 2.65. The minimum atomic E-state index is -0.282. The molecule has 0 fully saturated rings. The number of benzene rings is 1. The molecule has 1 amide bonds. The van der Waals surface area contributed by atoms with E-state index in [4.69, 9.17) is 23.8 Å². The highest BCUT2D eigenvalue weighted by Crippen LogP contribution is 1.98. The molecule has 13 heavy (non-hydrogen) atoms. The predicted octanol–water partition coefficient (Wildman–Crippen LogP) is 1.72. The lowest BCUT2D eigenvalue weighted by Crippen LogP contribution is -2.30. The van der Waals surface area contributed by atoms with Gasteiger partial charge in [0.2, 0.25) is 5.91 Å². The number of hydrogen-bond acceptors (Lipinski definition) is 2. The molecule has 0 aromatic heterocycles. The summed E-state index contributed by atoms with van der Waals surface area (Å²) >= 11 is 10.3. The topological polar surface area (TPSA) is 29.1 Å². The Morgan fingerprint density at radius 3 is 2.54 bits per heavy atom. The van der Waals surface area contributed by atoms with E-state index >= 15 is 0 Å². The van der Waals surface area contributed by atoms with Crippen LogP contribution in [0.25, 0.3) is 0 Å². The van der Waals surface area contributed by atoms with Crippen molar-refractivity contribution < 1.29 is 4.79 Å². The number of nitrogens with one attached hydrogen (secondary N) is 1. The van der Waals surface area contributed by atoms with Crippen LogP contribution < -0.4 is 5.32 Å². The molecule has 0 saturated carbocycles. The van der Waals surface area contributed by atoms with Gasteiger partial charge >= 0.3 is 0 Å². The van der Waals surface area contributed by atoms with E-state index in [1.165, 1.54) is 0 Å². The van der Waals surface area contributed by atoms with Crippen LogP contribution in [0.2, 0.25) is 0 Å². The van der Waals surface area contributed by atoms with Crippen LogP contribution in [-0.2, 0) is 4.79 Å². The molecule has 2 nitrogen and oxygen atoms in total. The predicted molar refractivity (Wildman–Crippen MR) is 57.0 cm³/mol. The first-order valence-corrected chi connectivity index (χ1v) is 4.63. The second-order valence-electron chi connectivity index (χ2n) is 2.38. The van der Waals surface area contributed by atoms with Crippen LogP contribution in [0.5, 0.6) is 0 Å². The summed E-state index contributed by atoms with van der Waals surface area (Å²) in [7, 11) is 0. The van der Waals surface area contributed by atoms with Crippen molar-refractivity contribution in [1.82, 2.24) is 5.32 Å². The zero-order valence-corrected chi connectivity index (χ0v) is 8.36. The van der Waals surface area contributed by atoms with Gasteiger partial charge in [0.25, 0.3) is 0 Å². The fraction of sp³-hybridized carbons (Fsp3) is 0.111. The van der Waals surface area contributed by atoms with Gasteiger partial charge in [0.15, 0.2) is 0 Å². The Kier molecular flexibility index (Phi) is 3.86. The van der Waals surface area contributed by atoms with Gasteiger partial charge in [0, 0.05) is 5.56 Å². The van der Waals surface area contributed by atoms with Crippen molar-refractivity contribution in [2.75, 3.05) is 5.88 Å². The van der Waals surface area contributed by atoms with Crippen LogP contribution in [0, 0.1) is 0 Å². The molecule has 1 aromatic rings. The average molecular weight is 214 g/mol. The third kappa shape index (κ3) is 3.13. The van der Waals surface area contributed by atoms with Crippen molar-refractivity contribution in [3.63, 3.8) is 0 Å². The fourth-order valence-corrected chi connectivity index (χ4v) is 1.14. The maximum Gasteiger partial charge on any atom is 0.239 e. The molecule has 68 valence electrons. The minimum absolute atomic E-state index is 0.0764. The first-order valence-electron chi connectivity index (χ1n) is 3.69. The Morgan fingerprint density at radius 1 is 1.38 bits per heavy atom. The first-order chi connectivity index (χ1) is 6.24. The zero-order valence-electron chi connectivity index (χ0n) is 6.79. The lowest BCUT2D eigenvalue weighted by molar-refractivity contribution is -0.117. The van der Waals surface area contributed by atoms with Gasteiger partial charge in [-0.2, -0.15) is 0 Å². The number of alkyl halides is 1. The Labute approximate surface area is 86.9 Å². The van der Waals surface area contributed by atoms with E-state index in [1.54, 1.807) is 0 Å². The van der Waals surface area contributed by atoms with E-state index in [1.807, 2.05) is 30.3 Å². The van der Waals surface area contributed by atoms with Gasteiger partial charge in [-0.1, -0.05) is 42.5 Å². The summed E-state index contributed by atoms with van der Waals surface area (Å²) in [4.78, 5) is 11.3.